The molecule has 0 saturated carbocycles. The van der Waals surface area contributed by atoms with Crippen LogP contribution in [-0.4, -0.2) is 49.1 Å². The van der Waals surface area contributed by atoms with Crippen LogP contribution in [0.4, 0.5) is 0 Å². The van der Waals surface area contributed by atoms with Crippen LogP contribution in [0.25, 0.3) is 0 Å². The molecule has 128 valence electrons. The van der Waals surface area contributed by atoms with Crippen molar-refractivity contribution < 1.29 is 19.1 Å². The molecule has 0 unspecified atom stereocenters. The number of rotatable bonds is 7. The van der Waals surface area contributed by atoms with Gasteiger partial charge in [-0.05, 0) is 18.6 Å². The lowest BCUT2D eigenvalue weighted by Gasteiger charge is -2.22. The average molecular weight is 348 g/mol. The molecule has 2 aromatic rings. The van der Waals surface area contributed by atoms with E-state index in [4.69, 9.17) is 4.74 Å². The maximum atomic E-state index is 12.8. The summed E-state index contributed by atoms with van der Waals surface area (Å²) < 4.78 is 9.76. The summed E-state index contributed by atoms with van der Waals surface area (Å²) in [6.07, 6.45) is 0. The Hall–Kier alpha value is -2.25. The van der Waals surface area contributed by atoms with E-state index in [0.717, 1.165) is 5.56 Å². The number of aromatic nitrogens is 1. The number of ether oxygens (including phenoxy) is 2. The van der Waals surface area contributed by atoms with Crippen molar-refractivity contribution in [1.82, 2.24) is 9.88 Å². The molecule has 0 radical (unpaired) electrons. The first kappa shape index (κ1) is 18.1. The Balaban J connectivity index is 2.19. The van der Waals surface area contributed by atoms with Gasteiger partial charge < -0.3 is 14.4 Å². The SMILES string of the molecule is COCCN(Cc1nc(C(=O)OC)cs1)C(=O)c1ccccc1C. The van der Waals surface area contributed by atoms with E-state index in [0.29, 0.717) is 30.3 Å². The predicted octanol–water partition coefficient (Wildman–Crippen LogP) is 2.53. The second-order valence-electron chi connectivity index (χ2n) is 5.15. The van der Waals surface area contributed by atoms with E-state index in [1.807, 2.05) is 25.1 Å². The lowest BCUT2D eigenvalue weighted by Crippen LogP contribution is -2.33. The number of benzene rings is 1. The van der Waals surface area contributed by atoms with Crippen LogP contribution in [0.2, 0.25) is 0 Å². The summed E-state index contributed by atoms with van der Waals surface area (Å²) in [4.78, 5) is 30.2. The first-order valence-corrected chi connectivity index (χ1v) is 8.31. The van der Waals surface area contributed by atoms with Crippen LogP contribution in [0, 0.1) is 6.92 Å². The van der Waals surface area contributed by atoms with Crippen LogP contribution in [0.5, 0.6) is 0 Å². The first-order valence-electron chi connectivity index (χ1n) is 7.43. The third kappa shape index (κ3) is 4.39. The van der Waals surface area contributed by atoms with E-state index in [-0.39, 0.29) is 11.6 Å². The van der Waals surface area contributed by atoms with E-state index in [1.54, 1.807) is 23.5 Å². The predicted molar refractivity (Wildman–Crippen MR) is 91.2 cm³/mol. The van der Waals surface area contributed by atoms with Gasteiger partial charge in [0.05, 0.1) is 20.3 Å². The van der Waals surface area contributed by atoms with E-state index in [1.165, 1.54) is 18.4 Å². The van der Waals surface area contributed by atoms with Gasteiger partial charge in [0.1, 0.15) is 5.01 Å². The zero-order valence-electron chi connectivity index (χ0n) is 13.9. The number of amides is 1. The van der Waals surface area contributed by atoms with Gasteiger partial charge in [-0.2, -0.15) is 0 Å². The Labute approximate surface area is 145 Å². The third-order valence-electron chi connectivity index (χ3n) is 3.50. The molecule has 0 bridgehead atoms. The zero-order chi connectivity index (χ0) is 17.5. The van der Waals surface area contributed by atoms with Crippen molar-refractivity contribution in [3.63, 3.8) is 0 Å². The Kier molecular flexibility index (Phi) is 6.45. The molecule has 7 heteroatoms. The van der Waals surface area contributed by atoms with Gasteiger partial charge in [-0.1, -0.05) is 18.2 Å². The van der Waals surface area contributed by atoms with Gasteiger partial charge in [0, 0.05) is 24.6 Å². The number of thiazole rings is 1. The van der Waals surface area contributed by atoms with Gasteiger partial charge in [0.2, 0.25) is 0 Å². The highest BCUT2D eigenvalue weighted by molar-refractivity contribution is 7.09. The Morgan fingerprint density at radius 1 is 1.25 bits per heavy atom. The van der Waals surface area contributed by atoms with Gasteiger partial charge in [-0.25, -0.2) is 9.78 Å². The number of aryl methyl sites for hydroxylation is 1. The molecule has 0 aliphatic rings. The minimum absolute atomic E-state index is 0.0834. The molecular formula is C17H20N2O4S. The molecule has 0 saturated heterocycles. The number of nitrogens with zero attached hydrogens (tertiary/aromatic N) is 2. The molecule has 0 N–H and O–H groups in total. The molecule has 0 aliphatic heterocycles. The average Bonchev–Trinajstić information content (AvgIpc) is 3.06. The highest BCUT2D eigenvalue weighted by atomic mass is 32.1. The molecule has 1 heterocycles. The molecule has 1 amide bonds. The van der Waals surface area contributed by atoms with E-state index in [9.17, 15) is 9.59 Å². The molecule has 0 aliphatic carbocycles. The highest BCUT2D eigenvalue weighted by Gasteiger charge is 2.20. The number of methoxy groups -OCH3 is 2. The summed E-state index contributed by atoms with van der Waals surface area (Å²) in [5, 5.41) is 2.31. The molecular weight excluding hydrogens is 328 g/mol. The van der Waals surface area contributed by atoms with Crippen molar-refractivity contribution in [2.45, 2.75) is 13.5 Å². The Morgan fingerprint density at radius 2 is 2.00 bits per heavy atom. The largest absolute Gasteiger partial charge is 0.464 e. The third-order valence-corrected chi connectivity index (χ3v) is 4.33. The van der Waals surface area contributed by atoms with Crippen LogP contribution in [0.1, 0.15) is 31.4 Å². The minimum atomic E-state index is -0.480. The number of carbonyl (C=O) groups is 2. The summed E-state index contributed by atoms with van der Waals surface area (Å²) in [5.41, 5.74) is 1.82. The molecule has 0 atom stereocenters. The van der Waals surface area contributed by atoms with Crippen molar-refractivity contribution in [2.75, 3.05) is 27.4 Å². The summed E-state index contributed by atoms with van der Waals surface area (Å²) in [7, 11) is 2.91. The quantitative estimate of drug-likeness (QED) is 0.719. The van der Waals surface area contributed by atoms with Crippen LogP contribution in [0.3, 0.4) is 0 Å². The monoisotopic (exact) mass is 348 g/mol. The maximum Gasteiger partial charge on any atom is 0.357 e. The van der Waals surface area contributed by atoms with Gasteiger partial charge in [-0.3, -0.25) is 4.79 Å². The lowest BCUT2D eigenvalue weighted by atomic mass is 10.1. The number of esters is 1. The van der Waals surface area contributed by atoms with Gasteiger partial charge in [0.15, 0.2) is 5.69 Å². The normalized spacial score (nSPS) is 10.5. The second kappa shape index (κ2) is 8.56. The van der Waals surface area contributed by atoms with Crippen molar-refractivity contribution in [2.24, 2.45) is 0 Å². The van der Waals surface area contributed by atoms with Gasteiger partial charge in [-0.15, -0.1) is 11.3 Å². The fourth-order valence-electron chi connectivity index (χ4n) is 2.18. The number of carbonyl (C=O) groups excluding carboxylic acids is 2. The van der Waals surface area contributed by atoms with Crippen LogP contribution >= 0.6 is 11.3 Å². The summed E-state index contributed by atoms with van der Waals surface area (Å²) in [6, 6.07) is 7.45. The molecule has 6 nitrogen and oxygen atoms in total. The molecule has 1 aromatic carbocycles. The van der Waals surface area contributed by atoms with Crippen LogP contribution in [-0.2, 0) is 16.0 Å². The lowest BCUT2D eigenvalue weighted by molar-refractivity contribution is 0.0594. The Morgan fingerprint density at radius 3 is 2.67 bits per heavy atom. The van der Waals surface area contributed by atoms with E-state index < -0.39 is 5.97 Å². The topological polar surface area (TPSA) is 68.7 Å². The fraction of sp³-hybridized carbons (Fsp3) is 0.353. The van der Waals surface area contributed by atoms with Crippen LogP contribution < -0.4 is 0 Å². The summed E-state index contributed by atoms with van der Waals surface area (Å²) in [6.45, 7) is 3.09. The van der Waals surface area contributed by atoms with Crippen molar-refractivity contribution >= 4 is 23.2 Å². The van der Waals surface area contributed by atoms with E-state index in [2.05, 4.69) is 9.72 Å². The smallest absolute Gasteiger partial charge is 0.357 e. The first-order chi connectivity index (χ1) is 11.6. The summed E-state index contributed by atoms with van der Waals surface area (Å²) >= 11 is 1.33. The van der Waals surface area contributed by atoms with Crippen LogP contribution in [0.15, 0.2) is 29.6 Å². The zero-order valence-corrected chi connectivity index (χ0v) is 14.8. The van der Waals surface area contributed by atoms with Crippen molar-refractivity contribution in [3.8, 4) is 0 Å². The number of hydrogen-bond acceptors (Lipinski definition) is 6. The molecule has 0 fully saturated rings. The maximum absolute atomic E-state index is 12.8. The summed E-state index contributed by atoms with van der Waals surface area (Å²) in [5.74, 6) is -0.564. The van der Waals surface area contributed by atoms with Crippen molar-refractivity contribution in [1.29, 1.82) is 0 Å². The van der Waals surface area contributed by atoms with Gasteiger partial charge >= 0.3 is 5.97 Å². The molecule has 1 aromatic heterocycles. The highest BCUT2D eigenvalue weighted by Crippen LogP contribution is 2.17. The number of hydrogen-bond donors (Lipinski definition) is 0. The fourth-order valence-corrected chi connectivity index (χ4v) is 2.96. The van der Waals surface area contributed by atoms with Gasteiger partial charge in [0.25, 0.3) is 5.91 Å². The molecule has 0 spiro atoms. The van der Waals surface area contributed by atoms with Crippen molar-refractivity contribution in [3.05, 3.63) is 51.5 Å². The van der Waals surface area contributed by atoms with E-state index >= 15 is 0 Å². The Bertz CT molecular complexity index is 714. The molecule has 2 rings (SSSR count). The second-order valence-corrected chi connectivity index (χ2v) is 6.10. The minimum Gasteiger partial charge on any atom is -0.464 e. The molecule has 24 heavy (non-hydrogen) atoms. The standard InChI is InChI=1S/C17H20N2O4S/c1-12-6-4-5-7-13(12)16(20)19(8-9-22-2)10-15-18-14(11-24-15)17(21)23-3/h4-7,11H,8-10H2,1-3H3.